The largest absolute Gasteiger partial charge is 0.342 e. The summed E-state index contributed by atoms with van der Waals surface area (Å²) in [5.74, 6) is -0.311. The highest BCUT2D eigenvalue weighted by atomic mass is 32.1. The van der Waals surface area contributed by atoms with Crippen molar-refractivity contribution in [1.29, 1.82) is 0 Å². The minimum atomic E-state index is -0.217. The van der Waals surface area contributed by atoms with Crippen LogP contribution < -0.4 is 5.32 Å². The van der Waals surface area contributed by atoms with Gasteiger partial charge in [0.15, 0.2) is 5.78 Å². The maximum atomic E-state index is 12.8. The number of nitrogens with zero attached hydrogens (tertiary/aromatic N) is 2. The van der Waals surface area contributed by atoms with E-state index in [4.69, 9.17) is 0 Å². The minimum Gasteiger partial charge on any atom is -0.342 e. The molecule has 0 bridgehead atoms. The molecule has 0 radical (unpaired) electrons. The molecule has 2 aliphatic heterocycles. The Kier molecular flexibility index (Phi) is 6.41. The topological polar surface area (TPSA) is 86.8 Å². The van der Waals surface area contributed by atoms with Gasteiger partial charge in [-0.3, -0.25) is 19.2 Å². The van der Waals surface area contributed by atoms with Crippen LogP contribution in [0.5, 0.6) is 0 Å². The normalized spacial score (nSPS) is 17.4. The Morgan fingerprint density at radius 3 is 2.16 bits per heavy atom. The first-order chi connectivity index (χ1) is 15.4. The molecular weight excluding hydrogens is 426 g/mol. The summed E-state index contributed by atoms with van der Waals surface area (Å²) < 4.78 is 0. The van der Waals surface area contributed by atoms with Crippen LogP contribution in [-0.2, 0) is 4.79 Å². The third-order valence-electron chi connectivity index (χ3n) is 6.59. The zero-order valence-electron chi connectivity index (χ0n) is 18.1. The van der Waals surface area contributed by atoms with Crippen molar-refractivity contribution in [3.63, 3.8) is 0 Å². The second-order valence-electron chi connectivity index (χ2n) is 8.65. The SMILES string of the molecule is CC(=O)c1ccc(C(=O)N2CCC3(CCN(C(=O)CNC(=O)c4cccs4)C3)CC2)cc1. The number of carbonyl (C=O) groups is 4. The Balaban J connectivity index is 1.27. The van der Waals surface area contributed by atoms with Crippen molar-refractivity contribution in [3.8, 4) is 0 Å². The molecule has 1 spiro atoms. The van der Waals surface area contributed by atoms with Gasteiger partial charge in [0.25, 0.3) is 11.8 Å². The molecule has 1 aromatic heterocycles. The molecule has 8 heteroatoms. The Labute approximate surface area is 191 Å². The van der Waals surface area contributed by atoms with Crippen LogP contribution in [0.4, 0.5) is 0 Å². The van der Waals surface area contributed by atoms with Crippen molar-refractivity contribution in [2.75, 3.05) is 32.7 Å². The molecule has 0 aliphatic carbocycles. The van der Waals surface area contributed by atoms with Gasteiger partial charge in [-0.25, -0.2) is 0 Å². The Morgan fingerprint density at radius 1 is 0.938 bits per heavy atom. The Morgan fingerprint density at radius 2 is 1.56 bits per heavy atom. The highest BCUT2D eigenvalue weighted by molar-refractivity contribution is 7.12. The van der Waals surface area contributed by atoms with Gasteiger partial charge in [-0.05, 0) is 55.2 Å². The highest BCUT2D eigenvalue weighted by Crippen LogP contribution is 2.40. The number of benzene rings is 1. The van der Waals surface area contributed by atoms with Crippen LogP contribution in [0.15, 0.2) is 41.8 Å². The van der Waals surface area contributed by atoms with Gasteiger partial charge in [-0.1, -0.05) is 18.2 Å². The number of Topliss-reactive ketones (excluding diaryl/α,β-unsaturated/α-hetero) is 1. The second-order valence-corrected chi connectivity index (χ2v) is 9.60. The van der Waals surface area contributed by atoms with Crippen LogP contribution in [-0.4, -0.2) is 66.0 Å². The molecule has 168 valence electrons. The van der Waals surface area contributed by atoms with Crippen LogP contribution in [0.3, 0.4) is 0 Å². The summed E-state index contributed by atoms with van der Waals surface area (Å²) >= 11 is 1.35. The minimum absolute atomic E-state index is 0.00762. The van der Waals surface area contributed by atoms with E-state index >= 15 is 0 Å². The highest BCUT2D eigenvalue weighted by Gasteiger charge is 2.42. The third-order valence-corrected chi connectivity index (χ3v) is 7.45. The molecular formula is C24H27N3O4S. The van der Waals surface area contributed by atoms with E-state index in [2.05, 4.69) is 5.32 Å². The van der Waals surface area contributed by atoms with E-state index in [9.17, 15) is 19.2 Å². The molecule has 2 aromatic rings. The number of rotatable bonds is 5. The lowest BCUT2D eigenvalue weighted by Crippen LogP contribution is -2.45. The predicted octanol–water partition coefficient (Wildman–Crippen LogP) is 2.84. The zero-order chi connectivity index (χ0) is 22.7. The van der Waals surface area contributed by atoms with E-state index < -0.39 is 0 Å². The summed E-state index contributed by atoms with van der Waals surface area (Å²) in [5.41, 5.74) is 1.24. The first-order valence-electron chi connectivity index (χ1n) is 10.9. The fourth-order valence-electron chi connectivity index (χ4n) is 4.53. The molecule has 32 heavy (non-hydrogen) atoms. The Hall–Kier alpha value is -3.00. The van der Waals surface area contributed by atoms with Crippen molar-refractivity contribution in [3.05, 3.63) is 57.8 Å². The van der Waals surface area contributed by atoms with Crippen molar-refractivity contribution >= 4 is 34.8 Å². The summed E-state index contributed by atoms with van der Waals surface area (Å²) in [6, 6.07) is 10.4. The zero-order valence-corrected chi connectivity index (χ0v) is 19.0. The van der Waals surface area contributed by atoms with Gasteiger partial charge in [-0.2, -0.15) is 0 Å². The molecule has 2 fully saturated rings. The molecule has 7 nitrogen and oxygen atoms in total. The van der Waals surface area contributed by atoms with Crippen LogP contribution in [0.25, 0.3) is 0 Å². The molecule has 0 atom stereocenters. The number of nitrogens with one attached hydrogen (secondary N) is 1. The van der Waals surface area contributed by atoms with E-state index in [1.165, 1.54) is 18.3 Å². The van der Waals surface area contributed by atoms with E-state index in [0.717, 1.165) is 19.3 Å². The van der Waals surface area contributed by atoms with Crippen molar-refractivity contribution < 1.29 is 19.2 Å². The average Bonchev–Trinajstić information content (AvgIpc) is 3.48. The number of carbonyl (C=O) groups excluding carboxylic acids is 4. The van der Waals surface area contributed by atoms with Crippen molar-refractivity contribution in [2.24, 2.45) is 5.41 Å². The summed E-state index contributed by atoms with van der Waals surface area (Å²) in [6.07, 6.45) is 2.64. The van der Waals surface area contributed by atoms with Gasteiger partial charge in [0.2, 0.25) is 5.91 Å². The van der Waals surface area contributed by atoms with Crippen molar-refractivity contribution in [1.82, 2.24) is 15.1 Å². The van der Waals surface area contributed by atoms with Gasteiger partial charge in [0, 0.05) is 37.3 Å². The standard InChI is InChI=1S/C24H27N3O4S/c1-17(28)18-4-6-19(7-5-18)23(31)26-11-8-24(9-12-26)10-13-27(16-24)21(29)15-25-22(30)20-3-2-14-32-20/h2-7,14H,8-13,15-16H2,1H3,(H,25,30). The fraction of sp³-hybridized carbons (Fsp3) is 0.417. The molecule has 3 heterocycles. The van der Waals surface area contributed by atoms with Crippen LogP contribution in [0.2, 0.25) is 0 Å². The number of hydrogen-bond donors (Lipinski definition) is 1. The number of thiophene rings is 1. The van der Waals surface area contributed by atoms with Crippen molar-refractivity contribution in [2.45, 2.75) is 26.2 Å². The first-order valence-corrected chi connectivity index (χ1v) is 11.7. The lowest BCUT2D eigenvalue weighted by atomic mass is 9.77. The molecule has 3 amide bonds. The average molecular weight is 454 g/mol. The maximum Gasteiger partial charge on any atom is 0.261 e. The summed E-state index contributed by atoms with van der Waals surface area (Å²) in [5, 5.41) is 4.54. The van der Waals surface area contributed by atoms with E-state index in [1.54, 1.807) is 30.3 Å². The molecule has 0 unspecified atom stereocenters. The number of likely N-dealkylation sites (tertiary alicyclic amines) is 2. The fourth-order valence-corrected chi connectivity index (χ4v) is 5.17. The lowest BCUT2D eigenvalue weighted by Gasteiger charge is -2.39. The summed E-state index contributed by atoms with van der Waals surface area (Å²) in [7, 11) is 0. The summed E-state index contributed by atoms with van der Waals surface area (Å²) in [6.45, 7) is 4.20. The third kappa shape index (κ3) is 4.75. The van der Waals surface area contributed by atoms with E-state index in [0.29, 0.717) is 42.2 Å². The van der Waals surface area contributed by atoms with Gasteiger partial charge in [0.05, 0.1) is 11.4 Å². The van der Waals surface area contributed by atoms with Gasteiger partial charge in [0.1, 0.15) is 0 Å². The molecule has 2 saturated heterocycles. The number of ketones is 1. The summed E-state index contributed by atoms with van der Waals surface area (Å²) in [4.78, 5) is 53.2. The monoisotopic (exact) mass is 453 g/mol. The lowest BCUT2D eigenvalue weighted by molar-refractivity contribution is -0.129. The first kappa shape index (κ1) is 22.2. The molecule has 1 aromatic carbocycles. The molecule has 2 aliphatic rings. The number of piperidine rings is 1. The van der Waals surface area contributed by atoms with Crippen LogP contribution in [0.1, 0.15) is 56.6 Å². The van der Waals surface area contributed by atoms with Gasteiger partial charge in [-0.15, -0.1) is 11.3 Å². The smallest absolute Gasteiger partial charge is 0.261 e. The quantitative estimate of drug-likeness (QED) is 0.706. The Bertz CT molecular complexity index is 1010. The van der Waals surface area contributed by atoms with Gasteiger partial charge < -0.3 is 15.1 Å². The van der Waals surface area contributed by atoms with E-state index in [-0.39, 0.29) is 35.5 Å². The predicted molar refractivity (Wildman–Crippen MR) is 122 cm³/mol. The maximum absolute atomic E-state index is 12.8. The van der Waals surface area contributed by atoms with E-state index in [1.807, 2.05) is 21.2 Å². The molecule has 1 N–H and O–H groups in total. The molecule has 4 rings (SSSR count). The van der Waals surface area contributed by atoms with Crippen LogP contribution in [0, 0.1) is 5.41 Å². The number of amides is 3. The number of hydrogen-bond acceptors (Lipinski definition) is 5. The molecule has 0 saturated carbocycles. The second kappa shape index (κ2) is 9.24. The van der Waals surface area contributed by atoms with Gasteiger partial charge >= 0.3 is 0 Å². The van der Waals surface area contributed by atoms with Crippen LogP contribution >= 0.6 is 11.3 Å².